The molecule has 0 radical (unpaired) electrons. The molecule has 0 fully saturated rings. The number of furan rings is 1. The minimum Gasteiger partial charge on any atom is -0.485 e. The van der Waals surface area contributed by atoms with Crippen LogP contribution in [0.25, 0.3) is 0 Å². The van der Waals surface area contributed by atoms with Gasteiger partial charge in [0.1, 0.15) is 11.5 Å². The van der Waals surface area contributed by atoms with Crippen molar-refractivity contribution in [1.29, 1.82) is 0 Å². The second kappa shape index (κ2) is 7.97. The number of nitrogens with zero attached hydrogens (tertiary/aromatic N) is 2. The van der Waals surface area contributed by atoms with Gasteiger partial charge in [-0.2, -0.15) is 4.98 Å². The minimum atomic E-state index is -0.507. The Morgan fingerprint density at radius 3 is 2.88 bits per heavy atom. The average molecular weight is 356 g/mol. The largest absolute Gasteiger partial charge is 0.485 e. The first-order valence-corrected chi connectivity index (χ1v) is 7.74. The Bertz CT molecular complexity index is 888. The molecule has 9 nitrogen and oxygen atoms in total. The van der Waals surface area contributed by atoms with Gasteiger partial charge in [-0.25, -0.2) is 0 Å². The molecule has 134 valence electrons. The molecule has 0 aliphatic carbocycles. The number of anilines is 1. The number of aromatic nitrogens is 2. The number of hydrogen-bond donors (Lipinski definition) is 2. The van der Waals surface area contributed by atoms with Gasteiger partial charge in [0.2, 0.25) is 11.7 Å². The topological polar surface area (TPSA) is 119 Å². The second-order valence-electron chi connectivity index (χ2n) is 5.28. The fourth-order valence-corrected chi connectivity index (χ4v) is 2.08. The molecular weight excluding hydrogens is 340 g/mol. The molecule has 3 aromatic rings. The third kappa shape index (κ3) is 4.69. The number of carbonyl (C=O) groups excluding carboxylic acids is 2. The van der Waals surface area contributed by atoms with Gasteiger partial charge in [-0.15, -0.1) is 0 Å². The van der Waals surface area contributed by atoms with Crippen LogP contribution in [-0.4, -0.2) is 22.0 Å². The summed E-state index contributed by atoms with van der Waals surface area (Å²) in [5, 5.41) is 8.97. The van der Waals surface area contributed by atoms with Crippen molar-refractivity contribution in [2.75, 3.05) is 5.32 Å². The number of nitrogens with one attached hydrogen (secondary N) is 2. The van der Waals surface area contributed by atoms with Crippen molar-refractivity contribution in [3.05, 3.63) is 60.1 Å². The zero-order valence-corrected chi connectivity index (χ0v) is 13.9. The summed E-state index contributed by atoms with van der Waals surface area (Å²) in [6.45, 7) is 1.65. The smallest absolute Gasteiger partial charge is 0.316 e. The van der Waals surface area contributed by atoms with Crippen LogP contribution in [0.5, 0.6) is 5.75 Å². The van der Waals surface area contributed by atoms with Gasteiger partial charge in [-0.05, 0) is 24.3 Å². The van der Waals surface area contributed by atoms with Crippen LogP contribution < -0.4 is 15.4 Å². The maximum Gasteiger partial charge on any atom is 0.316 e. The first-order valence-electron chi connectivity index (χ1n) is 7.74. The molecule has 2 heterocycles. The molecule has 2 N–H and O–H groups in total. The highest BCUT2D eigenvalue weighted by Crippen LogP contribution is 2.18. The molecule has 1 aromatic carbocycles. The molecular formula is C17H16N4O5. The lowest BCUT2D eigenvalue weighted by atomic mass is 10.3. The van der Waals surface area contributed by atoms with Crippen LogP contribution in [0.2, 0.25) is 0 Å². The number of carbonyl (C=O) groups is 2. The quantitative estimate of drug-likeness (QED) is 0.665. The van der Waals surface area contributed by atoms with E-state index in [9.17, 15) is 9.59 Å². The van der Waals surface area contributed by atoms with Gasteiger partial charge in [0.05, 0.1) is 12.8 Å². The Labute approximate surface area is 148 Å². The number of ether oxygens (including phenoxy) is 1. The average Bonchev–Trinajstić information content (AvgIpc) is 3.29. The molecule has 9 heteroatoms. The molecule has 2 amide bonds. The Hall–Kier alpha value is -3.62. The number of rotatable bonds is 7. The maximum atomic E-state index is 11.9. The van der Waals surface area contributed by atoms with Crippen LogP contribution >= 0.6 is 0 Å². The zero-order chi connectivity index (χ0) is 18.4. The normalized spacial score (nSPS) is 10.3. The van der Waals surface area contributed by atoms with E-state index in [1.807, 2.05) is 0 Å². The van der Waals surface area contributed by atoms with E-state index in [1.54, 1.807) is 36.4 Å². The van der Waals surface area contributed by atoms with E-state index in [0.717, 1.165) is 0 Å². The lowest BCUT2D eigenvalue weighted by Crippen LogP contribution is -2.22. The molecule has 26 heavy (non-hydrogen) atoms. The molecule has 0 atom stereocenters. The maximum absolute atomic E-state index is 11.9. The molecule has 0 aliphatic heterocycles. The second-order valence-corrected chi connectivity index (χ2v) is 5.28. The highest BCUT2D eigenvalue weighted by Gasteiger charge is 2.15. The third-order valence-corrected chi connectivity index (χ3v) is 3.19. The molecule has 0 unspecified atom stereocenters. The van der Waals surface area contributed by atoms with Crippen LogP contribution in [0.1, 0.15) is 29.2 Å². The summed E-state index contributed by atoms with van der Waals surface area (Å²) in [4.78, 5) is 27.0. The van der Waals surface area contributed by atoms with Crippen LogP contribution in [0.4, 0.5) is 5.69 Å². The number of benzene rings is 1. The summed E-state index contributed by atoms with van der Waals surface area (Å²) in [5.74, 6) is 0.504. The van der Waals surface area contributed by atoms with Crippen LogP contribution in [-0.2, 0) is 17.9 Å². The van der Waals surface area contributed by atoms with Crippen molar-refractivity contribution in [2.24, 2.45) is 0 Å². The zero-order valence-electron chi connectivity index (χ0n) is 13.9. The predicted molar refractivity (Wildman–Crippen MR) is 89.3 cm³/mol. The van der Waals surface area contributed by atoms with Crippen molar-refractivity contribution in [1.82, 2.24) is 15.5 Å². The Morgan fingerprint density at radius 2 is 2.12 bits per heavy atom. The summed E-state index contributed by atoms with van der Waals surface area (Å²) < 4.78 is 15.6. The molecule has 0 spiro atoms. The molecule has 0 saturated heterocycles. The first kappa shape index (κ1) is 17.2. The van der Waals surface area contributed by atoms with Gasteiger partial charge in [0, 0.05) is 18.7 Å². The highest BCUT2D eigenvalue weighted by molar-refractivity contribution is 5.89. The number of amides is 2. The van der Waals surface area contributed by atoms with E-state index in [2.05, 4.69) is 20.8 Å². The first-order chi connectivity index (χ1) is 12.6. The SMILES string of the molecule is CC(=O)Nc1cccc(OCc2noc(C(=O)NCc3ccco3)n2)c1. The summed E-state index contributed by atoms with van der Waals surface area (Å²) in [6.07, 6.45) is 1.52. The van der Waals surface area contributed by atoms with Gasteiger partial charge < -0.3 is 24.3 Å². The van der Waals surface area contributed by atoms with Gasteiger partial charge in [0.15, 0.2) is 6.61 Å². The van der Waals surface area contributed by atoms with E-state index >= 15 is 0 Å². The molecule has 0 aliphatic rings. The fraction of sp³-hybridized carbons (Fsp3) is 0.176. The van der Waals surface area contributed by atoms with E-state index in [-0.39, 0.29) is 30.8 Å². The van der Waals surface area contributed by atoms with Crippen LogP contribution in [0.3, 0.4) is 0 Å². The van der Waals surface area contributed by atoms with Crippen molar-refractivity contribution in [2.45, 2.75) is 20.1 Å². The van der Waals surface area contributed by atoms with Gasteiger partial charge in [-0.3, -0.25) is 9.59 Å². The molecule has 0 saturated carbocycles. The highest BCUT2D eigenvalue weighted by atomic mass is 16.5. The van der Waals surface area contributed by atoms with E-state index in [1.165, 1.54) is 13.2 Å². The summed E-state index contributed by atoms with van der Waals surface area (Å²) >= 11 is 0. The van der Waals surface area contributed by atoms with E-state index in [4.69, 9.17) is 13.7 Å². The lowest BCUT2D eigenvalue weighted by Gasteiger charge is -2.06. The lowest BCUT2D eigenvalue weighted by molar-refractivity contribution is -0.114. The van der Waals surface area contributed by atoms with Gasteiger partial charge in [-0.1, -0.05) is 11.2 Å². The Balaban J connectivity index is 1.53. The molecule has 3 rings (SSSR count). The Kier molecular flexibility index (Phi) is 5.28. The third-order valence-electron chi connectivity index (χ3n) is 3.19. The minimum absolute atomic E-state index is 0.0124. The predicted octanol–water partition coefficient (Wildman–Crippen LogP) is 2.13. The van der Waals surface area contributed by atoms with Crippen molar-refractivity contribution in [3.63, 3.8) is 0 Å². The van der Waals surface area contributed by atoms with Crippen LogP contribution in [0.15, 0.2) is 51.6 Å². The summed E-state index contributed by atoms with van der Waals surface area (Å²) in [6, 6.07) is 10.3. The van der Waals surface area contributed by atoms with Crippen molar-refractivity contribution in [3.8, 4) is 5.75 Å². The summed E-state index contributed by atoms with van der Waals surface area (Å²) in [5.41, 5.74) is 0.612. The molecule has 2 aromatic heterocycles. The van der Waals surface area contributed by atoms with Crippen molar-refractivity contribution < 1.29 is 23.3 Å². The number of hydrogen-bond acceptors (Lipinski definition) is 7. The van der Waals surface area contributed by atoms with Gasteiger partial charge in [0.25, 0.3) is 0 Å². The summed E-state index contributed by atoms with van der Waals surface area (Å²) in [7, 11) is 0. The van der Waals surface area contributed by atoms with Crippen LogP contribution in [0, 0.1) is 0 Å². The molecule has 0 bridgehead atoms. The standard InChI is InChI=1S/C17H16N4O5/c1-11(22)19-12-4-2-5-13(8-12)25-10-15-20-17(26-21-15)16(23)18-9-14-6-3-7-24-14/h2-8H,9-10H2,1H3,(H,18,23)(H,19,22). The van der Waals surface area contributed by atoms with E-state index < -0.39 is 5.91 Å². The fourth-order valence-electron chi connectivity index (χ4n) is 2.08. The van der Waals surface area contributed by atoms with Crippen molar-refractivity contribution >= 4 is 17.5 Å². The van der Waals surface area contributed by atoms with E-state index in [0.29, 0.717) is 17.2 Å². The Morgan fingerprint density at radius 1 is 1.23 bits per heavy atom. The van der Waals surface area contributed by atoms with Gasteiger partial charge >= 0.3 is 11.8 Å². The monoisotopic (exact) mass is 356 g/mol.